The van der Waals surface area contributed by atoms with Crippen LogP contribution in [0, 0.1) is 5.92 Å². The summed E-state index contributed by atoms with van der Waals surface area (Å²) < 4.78 is 36.2. The number of amides is 1. The number of aliphatic hydroxyl groups is 1. The lowest BCUT2D eigenvalue weighted by atomic mass is 10.1. The van der Waals surface area contributed by atoms with Gasteiger partial charge in [0.1, 0.15) is 0 Å². The Kier molecular flexibility index (Phi) is 6.01. The Labute approximate surface area is 115 Å². The van der Waals surface area contributed by atoms with Crippen LogP contribution in [-0.4, -0.2) is 30.3 Å². The van der Waals surface area contributed by atoms with Crippen LogP contribution in [0.3, 0.4) is 0 Å². The van der Waals surface area contributed by atoms with Crippen LogP contribution in [0.5, 0.6) is 0 Å². The van der Waals surface area contributed by atoms with Crippen LogP contribution < -0.4 is 5.32 Å². The molecule has 0 fully saturated rings. The first-order chi connectivity index (χ1) is 9.31. The number of aryl methyl sites for hydroxylation is 1. The number of alkyl halides is 3. The summed E-state index contributed by atoms with van der Waals surface area (Å²) in [4.78, 5) is 11.7. The molecule has 0 aliphatic carbocycles. The maximum Gasteiger partial charge on any atom is 0.389 e. The SMILES string of the molecule is CC(CO)CNC(=O)c1ccc(CCC(F)(F)F)cc1. The predicted octanol–water partition coefficient (Wildman–Crippen LogP) is 2.54. The third kappa shape index (κ3) is 6.06. The number of nitrogens with one attached hydrogen (secondary N) is 1. The van der Waals surface area contributed by atoms with Gasteiger partial charge in [-0.05, 0) is 30.0 Å². The van der Waals surface area contributed by atoms with E-state index in [-0.39, 0.29) is 24.9 Å². The van der Waals surface area contributed by atoms with Crippen molar-refractivity contribution in [2.24, 2.45) is 5.92 Å². The van der Waals surface area contributed by atoms with Gasteiger partial charge < -0.3 is 10.4 Å². The highest BCUT2D eigenvalue weighted by molar-refractivity contribution is 5.94. The van der Waals surface area contributed by atoms with Crippen LogP contribution in [0.15, 0.2) is 24.3 Å². The molecule has 3 nitrogen and oxygen atoms in total. The van der Waals surface area contributed by atoms with E-state index in [9.17, 15) is 18.0 Å². The lowest BCUT2D eigenvalue weighted by Crippen LogP contribution is -2.29. The molecule has 1 amide bonds. The topological polar surface area (TPSA) is 49.3 Å². The molecule has 0 aliphatic rings. The molecule has 0 heterocycles. The largest absolute Gasteiger partial charge is 0.396 e. The molecule has 0 aromatic heterocycles. The second-order valence-electron chi connectivity index (χ2n) is 4.81. The molecule has 0 saturated carbocycles. The third-order valence-electron chi connectivity index (χ3n) is 2.84. The lowest BCUT2D eigenvalue weighted by Gasteiger charge is -2.10. The Morgan fingerprint density at radius 1 is 1.30 bits per heavy atom. The van der Waals surface area contributed by atoms with Gasteiger partial charge in [-0.1, -0.05) is 19.1 Å². The van der Waals surface area contributed by atoms with Crippen molar-refractivity contribution >= 4 is 5.91 Å². The van der Waals surface area contributed by atoms with Crippen molar-refractivity contribution in [2.75, 3.05) is 13.2 Å². The Morgan fingerprint density at radius 2 is 1.90 bits per heavy atom. The molecule has 0 spiro atoms. The smallest absolute Gasteiger partial charge is 0.389 e. The van der Waals surface area contributed by atoms with Crippen LogP contribution in [0.1, 0.15) is 29.3 Å². The molecule has 1 aromatic rings. The highest BCUT2D eigenvalue weighted by Crippen LogP contribution is 2.22. The van der Waals surface area contributed by atoms with Crippen molar-refractivity contribution in [2.45, 2.75) is 25.9 Å². The molecule has 6 heteroatoms. The number of rotatable bonds is 6. The van der Waals surface area contributed by atoms with E-state index in [2.05, 4.69) is 5.32 Å². The summed E-state index contributed by atoms with van der Waals surface area (Å²) in [5.74, 6) is -0.335. The molecule has 1 aromatic carbocycles. The minimum Gasteiger partial charge on any atom is -0.396 e. The molecular formula is C14H18F3NO2. The maximum absolute atomic E-state index is 12.1. The van der Waals surface area contributed by atoms with Gasteiger partial charge in [-0.15, -0.1) is 0 Å². The average molecular weight is 289 g/mol. The van der Waals surface area contributed by atoms with Gasteiger partial charge in [0.05, 0.1) is 0 Å². The number of carbonyl (C=O) groups excluding carboxylic acids is 1. The molecule has 0 saturated heterocycles. The van der Waals surface area contributed by atoms with Crippen LogP contribution in [0.2, 0.25) is 0 Å². The van der Waals surface area contributed by atoms with Crippen molar-refractivity contribution in [3.63, 3.8) is 0 Å². The summed E-state index contributed by atoms with van der Waals surface area (Å²) in [6.07, 6.45) is -5.13. The Balaban J connectivity index is 2.51. The zero-order valence-corrected chi connectivity index (χ0v) is 11.2. The summed E-state index contributed by atoms with van der Waals surface area (Å²) in [5.41, 5.74) is 0.938. The first-order valence-corrected chi connectivity index (χ1v) is 6.36. The van der Waals surface area contributed by atoms with E-state index < -0.39 is 12.6 Å². The number of halogens is 3. The van der Waals surface area contributed by atoms with Gasteiger partial charge in [0.25, 0.3) is 5.91 Å². The minimum atomic E-state index is -4.17. The maximum atomic E-state index is 12.1. The normalized spacial score (nSPS) is 13.1. The monoisotopic (exact) mass is 289 g/mol. The van der Waals surface area contributed by atoms with Gasteiger partial charge in [0.2, 0.25) is 0 Å². The first kappa shape index (κ1) is 16.5. The molecule has 1 atom stereocenters. The fourth-order valence-corrected chi connectivity index (χ4v) is 1.54. The number of aliphatic hydroxyl groups excluding tert-OH is 1. The van der Waals surface area contributed by atoms with E-state index in [0.29, 0.717) is 17.7 Å². The van der Waals surface area contributed by atoms with Gasteiger partial charge in [-0.25, -0.2) is 0 Å². The standard InChI is InChI=1S/C14H18F3NO2/c1-10(9-19)8-18-13(20)12-4-2-11(3-5-12)6-7-14(15,16)17/h2-5,10,19H,6-9H2,1H3,(H,18,20). The number of carbonyl (C=O) groups is 1. The third-order valence-corrected chi connectivity index (χ3v) is 2.84. The Morgan fingerprint density at radius 3 is 2.40 bits per heavy atom. The van der Waals surface area contributed by atoms with E-state index in [0.717, 1.165) is 0 Å². The van der Waals surface area contributed by atoms with Gasteiger partial charge in [-0.3, -0.25) is 4.79 Å². The molecule has 2 N–H and O–H groups in total. The molecule has 20 heavy (non-hydrogen) atoms. The van der Waals surface area contributed by atoms with Crippen molar-refractivity contribution < 1.29 is 23.1 Å². The molecule has 0 radical (unpaired) electrons. The highest BCUT2D eigenvalue weighted by Gasteiger charge is 2.26. The fourth-order valence-electron chi connectivity index (χ4n) is 1.54. The Bertz CT molecular complexity index is 429. The van der Waals surface area contributed by atoms with Crippen LogP contribution >= 0.6 is 0 Å². The van der Waals surface area contributed by atoms with Crippen LogP contribution in [0.4, 0.5) is 13.2 Å². The summed E-state index contributed by atoms with van der Waals surface area (Å²) >= 11 is 0. The molecular weight excluding hydrogens is 271 g/mol. The average Bonchev–Trinajstić information content (AvgIpc) is 2.41. The van der Waals surface area contributed by atoms with E-state index >= 15 is 0 Å². The van der Waals surface area contributed by atoms with E-state index in [1.807, 2.05) is 0 Å². The van der Waals surface area contributed by atoms with Crippen molar-refractivity contribution in [1.29, 1.82) is 0 Å². The van der Waals surface area contributed by atoms with E-state index in [4.69, 9.17) is 5.11 Å². The summed E-state index contributed by atoms with van der Waals surface area (Å²) in [7, 11) is 0. The zero-order valence-electron chi connectivity index (χ0n) is 11.2. The highest BCUT2D eigenvalue weighted by atomic mass is 19.4. The van der Waals surface area contributed by atoms with Gasteiger partial charge >= 0.3 is 6.18 Å². The van der Waals surface area contributed by atoms with E-state index in [1.54, 1.807) is 6.92 Å². The van der Waals surface area contributed by atoms with E-state index in [1.165, 1.54) is 24.3 Å². The molecule has 112 valence electrons. The van der Waals surface area contributed by atoms with Crippen LogP contribution in [0.25, 0.3) is 0 Å². The first-order valence-electron chi connectivity index (χ1n) is 6.36. The number of hydrogen-bond donors (Lipinski definition) is 2. The van der Waals surface area contributed by atoms with Gasteiger partial charge in [0, 0.05) is 25.1 Å². The van der Waals surface area contributed by atoms with Crippen LogP contribution in [-0.2, 0) is 6.42 Å². The molecule has 1 rings (SSSR count). The summed E-state index contributed by atoms with van der Waals surface area (Å²) in [5, 5.41) is 11.5. The quantitative estimate of drug-likeness (QED) is 0.845. The second kappa shape index (κ2) is 7.28. The van der Waals surface area contributed by atoms with Gasteiger partial charge in [-0.2, -0.15) is 13.2 Å². The fraction of sp³-hybridized carbons (Fsp3) is 0.500. The predicted molar refractivity (Wildman–Crippen MR) is 69.4 cm³/mol. The van der Waals surface area contributed by atoms with Gasteiger partial charge in [0.15, 0.2) is 0 Å². The summed E-state index contributed by atoms with van der Waals surface area (Å²) in [6, 6.07) is 6.06. The molecule has 0 aliphatic heterocycles. The van der Waals surface area contributed by atoms with Crippen molar-refractivity contribution in [1.82, 2.24) is 5.32 Å². The number of hydrogen-bond acceptors (Lipinski definition) is 2. The minimum absolute atomic E-state index is 0.0172. The summed E-state index contributed by atoms with van der Waals surface area (Å²) in [6.45, 7) is 2.13. The Hall–Kier alpha value is -1.56. The second-order valence-corrected chi connectivity index (χ2v) is 4.81. The van der Waals surface area contributed by atoms with Crippen molar-refractivity contribution in [3.8, 4) is 0 Å². The number of benzene rings is 1. The lowest BCUT2D eigenvalue weighted by molar-refractivity contribution is -0.134. The molecule has 1 unspecified atom stereocenters. The zero-order chi connectivity index (χ0) is 15.2. The molecule has 0 bridgehead atoms. The van der Waals surface area contributed by atoms with Crippen molar-refractivity contribution in [3.05, 3.63) is 35.4 Å².